The lowest BCUT2D eigenvalue weighted by molar-refractivity contribution is -0.0695. The third-order valence-electron chi connectivity index (χ3n) is 3.46. The highest BCUT2D eigenvalue weighted by molar-refractivity contribution is 9.10. The molecule has 0 amide bonds. The van der Waals surface area contributed by atoms with E-state index in [0.717, 1.165) is 31.5 Å². The fourth-order valence-electron chi connectivity index (χ4n) is 2.11. The second kappa shape index (κ2) is 5.46. The van der Waals surface area contributed by atoms with E-state index in [1.165, 1.54) is 12.5 Å². The average molecular weight is 302 g/mol. The molecule has 0 aromatic heterocycles. The van der Waals surface area contributed by atoms with Crippen LogP contribution < -0.4 is 5.32 Å². The van der Waals surface area contributed by atoms with Crippen molar-refractivity contribution in [3.05, 3.63) is 34.1 Å². The van der Waals surface area contributed by atoms with Gasteiger partial charge >= 0.3 is 0 Å². The Balaban J connectivity index is 1.83. The monoisotopic (exact) mass is 301 g/mol. The summed E-state index contributed by atoms with van der Waals surface area (Å²) in [5.74, 6) is -0.221. The Kier molecular flexibility index (Phi) is 4.17. The van der Waals surface area contributed by atoms with E-state index in [-0.39, 0.29) is 11.4 Å². The minimum absolute atomic E-state index is 0.0390. The van der Waals surface area contributed by atoms with Crippen LogP contribution in [0.25, 0.3) is 0 Å². The van der Waals surface area contributed by atoms with Gasteiger partial charge in [0.05, 0.1) is 10.1 Å². The molecule has 1 N–H and O–H groups in total. The molecule has 1 saturated carbocycles. The van der Waals surface area contributed by atoms with E-state index in [1.54, 1.807) is 13.2 Å². The zero-order valence-electron chi connectivity index (χ0n) is 9.93. The second-order valence-electron chi connectivity index (χ2n) is 4.59. The van der Waals surface area contributed by atoms with Crippen LogP contribution in [-0.4, -0.2) is 19.3 Å². The summed E-state index contributed by atoms with van der Waals surface area (Å²) in [5, 5.41) is 3.37. The Labute approximate surface area is 110 Å². The fraction of sp³-hybridized carbons (Fsp3) is 0.538. The van der Waals surface area contributed by atoms with Gasteiger partial charge < -0.3 is 10.1 Å². The van der Waals surface area contributed by atoms with Gasteiger partial charge in [-0.15, -0.1) is 0 Å². The molecule has 94 valence electrons. The summed E-state index contributed by atoms with van der Waals surface area (Å²) in [4.78, 5) is 0. The quantitative estimate of drug-likeness (QED) is 0.901. The minimum Gasteiger partial charge on any atom is -0.377 e. The number of nitrogens with one attached hydrogen (secondary N) is 1. The average Bonchev–Trinajstić information content (AvgIpc) is 2.27. The number of benzene rings is 1. The Morgan fingerprint density at radius 2 is 2.24 bits per heavy atom. The fourth-order valence-corrected chi connectivity index (χ4v) is 2.53. The maximum Gasteiger partial charge on any atom is 0.137 e. The van der Waals surface area contributed by atoms with Crippen molar-refractivity contribution in [2.75, 3.05) is 13.7 Å². The lowest BCUT2D eigenvalue weighted by atomic mass is 9.80. The van der Waals surface area contributed by atoms with Crippen molar-refractivity contribution in [1.29, 1.82) is 0 Å². The van der Waals surface area contributed by atoms with E-state index < -0.39 is 0 Å². The van der Waals surface area contributed by atoms with Gasteiger partial charge in [0, 0.05) is 20.2 Å². The molecular weight excluding hydrogens is 285 g/mol. The van der Waals surface area contributed by atoms with Crippen LogP contribution >= 0.6 is 15.9 Å². The summed E-state index contributed by atoms with van der Waals surface area (Å²) in [7, 11) is 1.77. The van der Waals surface area contributed by atoms with Gasteiger partial charge in [0.2, 0.25) is 0 Å². The van der Waals surface area contributed by atoms with Crippen molar-refractivity contribution < 1.29 is 9.13 Å². The Bertz CT molecular complexity index is 387. The molecule has 0 radical (unpaired) electrons. The highest BCUT2D eigenvalue weighted by Gasteiger charge is 2.36. The maximum absolute atomic E-state index is 13.0. The predicted molar refractivity (Wildman–Crippen MR) is 69.4 cm³/mol. The molecule has 0 spiro atoms. The summed E-state index contributed by atoms with van der Waals surface area (Å²) in [6.45, 7) is 1.60. The lowest BCUT2D eigenvalue weighted by Gasteiger charge is -2.40. The predicted octanol–water partition coefficient (Wildman–Crippen LogP) is 3.25. The molecule has 1 aromatic rings. The van der Waals surface area contributed by atoms with Crippen LogP contribution in [0.1, 0.15) is 24.8 Å². The topological polar surface area (TPSA) is 21.3 Å². The van der Waals surface area contributed by atoms with Crippen molar-refractivity contribution in [3.8, 4) is 0 Å². The van der Waals surface area contributed by atoms with Crippen LogP contribution in [0.2, 0.25) is 0 Å². The van der Waals surface area contributed by atoms with Crippen LogP contribution in [0.3, 0.4) is 0 Å². The molecule has 4 heteroatoms. The Morgan fingerprint density at radius 1 is 1.47 bits per heavy atom. The van der Waals surface area contributed by atoms with E-state index in [0.29, 0.717) is 4.47 Å². The number of ether oxygens (including phenoxy) is 1. The van der Waals surface area contributed by atoms with Gasteiger partial charge in [0.25, 0.3) is 0 Å². The van der Waals surface area contributed by atoms with Crippen molar-refractivity contribution in [2.45, 2.75) is 31.4 Å². The van der Waals surface area contributed by atoms with Crippen LogP contribution in [0.5, 0.6) is 0 Å². The Hall–Kier alpha value is -0.450. The molecule has 1 aromatic carbocycles. The molecular formula is C13H17BrFNO. The van der Waals surface area contributed by atoms with Crippen molar-refractivity contribution in [2.24, 2.45) is 0 Å². The van der Waals surface area contributed by atoms with Gasteiger partial charge in [-0.05, 0) is 52.9 Å². The van der Waals surface area contributed by atoms with Crippen molar-refractivity contribution in [1.82, 2.24) is 5.32 Å². The van der Waals surface area contributed by atoms with Crippen LogP contribution in [0.4, 0.5) is 4.39 Å². The summed E-state index contributed by atoms with van der Waals surface area (Å²) >= 11 is 3.19. The molecule has 1 fully saturated rings. The SMILES string of the molecule is COC1(CNCc2ccc(F)c(Br)c2)CCC1. The molecule has 17 heavy (non-hydrogen) atoms. The second-order valence-corrected chi connectivity index (χ2v) is 5.45. The van der Waals surface area contributed by atoms with E-state index in [4.69, 9.17) is 4.74 Å². The minimum atomic E-state index is -0.221. The molecule has 0 saturated heterocycles. The normalized spacial score (nSPS) is 17.8. The highest BCUT2D eigenvalue weighted by atomic mass is 79.9. The van der Waals surface area contributed by atoms with Crippen molar-refractivity contribution in [3.63, 3.8) is 0 Å². The van der Waals surface area contributed by atoms with Crippen LogP contribution in [0, 0.1) is 5.82 Å². The molecule has 2 nitrogen and oxygen atoms in total. The number of hydrogen-bond donors (Lipinski definition) is 1. The summed E-state index contributed by atoms with van der Waals surface area (Å²) in [6, 6.07) is 5.09. The molecule has 0 atom stereocenters. The first-order valence-electron chi connectivity index (χ1n) is 5.85. The smallest absolute Gasteiger partial charge is 0.137 e. The number of rotatable bonds is 5. The lowest BCUT2D eigenvalue weighted by Crippen LogP contribution is -2.47. The Morgan fingerprint density at radius 3 is 2.76 bits per heavy atom. The number of methoxy groups -OCH3 is 1. The summed E-state index contributed by atoms with van der Waals surface area (Å²) in [5.41, 5.74) is 1.11. The van der Waals surface area contributed by atoms with E-state index in [1.807, 2.05) is 6.07 Å². The molecule has 2 rings (SSSR count). The summed E-state index contributed by atoms with van der Waals surface area (Å²) < 4.78 is 19.1. The van der Waals surface area contributed by atoms with E-state index in [2.05, 4.69) is 21.2 Å². The number of halogens is 2. The molecule has 0 bridgehead atoms. The van der Waals surface area contributed by atoms with E-state index in [9.17, 15) is 4.39 Å². The molecule has 0 aliphatic heterocycles. The van der Waals surface area contributed by atoms with Gasteiger partial charge in [-0.25, -0.2) is 4.39 Å². The van der Waals surface area contributed by atoms with Gasteiger partial charge in [0.15, 0.2) is 0 Å². The molecule has 0 unspecified atom stereocenters. The highest BCUT2D eigenvalue weighted by Crippen LogP contribution is 2.34. The van der Waals surface area contributed by atoms with Crippen LogP contribution in [0.15, 0.2) is 22.7 Å². The van der Waals surface area contributed by atoms with Gasteiger partial charge in [0.1, 0.15) is 5.82 Å². The maximum atomic E-state index is 13.0. The van der Waals surface area contributed by atoms with Gasteiger partial charge in [-0.3, -0.25) is 0 Å². The van der Waals surface area contributed by atoms with Gasteiger partial charge in [-0.2, -0.15) is 0 Å². The standard InChI is InChI=1S/C13H17BrFNO/c1-17-13(5-2-6-13)9-16-8-10-3-4-12(15)11(14)7-10/h3-4,7,16H,2,5-6,8-9H2,1H3. The molecule has 1 aliphatic carbocycles. The third kappa shape index (κ3) is 3.06. The van der Waals surface area contributed by atoms with Gasteiger partial charge in [-0.1, -0.05) is 6.07 Å². The van der Waals surface area contributed by atoms with Crippen LogP contribution in [-0.2, 0) is 11.3 Å². The third-order valence-corrected chi connectivity index (χ3v) is 4.07. The van der Waals surface area contributed by atoms with Crippen molar-refractivity contribution >= 4 is 15.9 Å². The zero-order chi connectivity index (χ0) is 12.3. The largest absolute Gasteiger partial charge is 0.377 e. The number of hydrogen-bond acceptors (Lipinski definition) is 2. The van der Waals surface area contributed by atoms with E-state index >= 15 is 0 Å². The molecule has 1 aliphatic rings. The first kappa shape index (κ1) is 13.0. The zero-order valence-corrected chi connectivity index (χ0v) is 11.5. The first-order chi connectivity index (χ1) is 8.15. The first-order valence-corrected chi connectivity index (χ1v) is 6.64. The summed E-state index contributed by atoms with van der Waals surface area (Å²) in [6.07, 6.45) is 3.50. The molecule has 0 heterocycles.